The van der Waals surface area contributed by atoms with Crippen molar-refractivity contribution >= 4 is 23.2 Å². The summed E-state index contributed by atoms with van der Waals surface area (Å²) in [7, 11) is 0. The molecule has 1 aromatic heterocycles. The lowest BCUT2D eigenvalue weighted by molar-refractivity contribution is 0.102. The van der Waals surface area contributed by atoms with E-state index in [1.54, 1.807) is 0 Å². The molecule has 2 rings (SSSR count). The van der Waals surface area contributed by atoms with Crippen LogP contribution in [0.5, 0.6) is 0 Å². The van der Waals surface area contributed by atoms with Crippen molar-refractivity contribution in [2.75, 3.05) is 5.32 Å². The summed E-state index contributed by atoms with van der Waals surface area (Å²) < 4.78 is 26.2. The molecule has 1 amide bonds. The second-order valence-corrected chi connectivity index (χ2v) is 3.67. The summed E-state index contributed by atoms with van der Waals surface area (Å²) >= 11 is 5.56. The third-order valence-corrected chi connectivity index (χ3v) is 2.22. The second kappa shape index (κ2) is 5.05. The van der Waals surface area contributed by atoms with Crippen LogP contribution in [-0.2, 0) is 0 Å². The lowest BCUT2D eigenvalue weighted by atomic mass is 10.3. The number of nitrogens with zero attached hydrogens (tertiary/aromatic N) is 2. The first-order valence-electron chi connectivity index (χ1n) is 4.81. The lowest BCUT2D eigenvalue weighted by Gasteiger charge is -2.05. The highest BCUT2D eigenvalue weighted by Crippen LogP contribution is 2.17. The van der Waals surface area contributed by atoms with Crippen molar-refractivity contribution in [3.05, 3.63) is 53.1 Å². The Kier molecular flexibility index (Phi) is 3.47. The van der Waals surface area contributed by atoms with Crippen LogP contribution in [0.25, 0.3) is 0 Å². The van der Waals surface area contributed by atoms with Crippen LogP contribution in [0.4, 0.5) is 14.5 Å². The van der Waals surface area contributed by atoms with E-state index in [4.69, 9.17) is 11.6 Å². The van der Waals surface area contributed by atoms with Gasteiger partial charge in [0.15, 0.2) is 11.6 Å². The molecule has 0 saturated carbocycles. The monoisotopic (exact) mass is 269 g/mol. The number of nitrogens with one attached hydrogen (secondary N) is 1. The number of rotatable bonds is 2. The van der Waals surface area contributed by atoms with Crippen LogP contribution in [0.15, 0.2) is 30.6 Å². The van der Waals surface area contributed by atoms with Crippen molar-refractivity contribution in [1.82, 2.24) is 9.97 Å². The number of carbonyl (C=O) groups is 1. The van der Waals surface area contributed by atoms with Gasteiger partial charge in [0.05, 0.1) is 18.1 Å². The first-order valence-corrected chi connectivity index (χ1v) is 5.18. The van der Waals surface area contributed by atoms with Gasteiger partial charge in [0.2, 0.25) is 0 Å². The fourth-order valence-corrected chi connectivity index (χ4v) is 1.39. The number of hydrogen-bond donors (Lipinski definition) is 1. The number of amides is 1. The third-order valence-electron chi connectivity index (χ3n) is 2.04. The maximum atomic E-state index is 13.3. The maximum Gasteiger partial charge on any atom is 0.276 e. The molecule has 1 heterocycles. The molecule has 0 spiro atoms. The Morgan fingerprint density at radius 2 is 2.06 bits per heavy atom. The van der Waals surface area contributed by atoms with Gasteiger partial charge in [-0.1, -0.05) is 17.7 Å². The SMILES string of the molecule is O=C(Nc1cccc(F)c1F)c1cncc(Cl)n1. The molecule has 0 saturated heterocycles. The Morgan fingerprint density at radius 1 is 1.28 bits per heavy atom. The van der Waals surface area contributed by atoms with E-state index in [0.717, 1.165) is 6.07 Å². The molecule has 0 aliphatic rings. The minimum Gasteiger partial charge on any atom is -0.318 e. The largest absolute Gasteiger partial charge is 0.318 e. The molecule has 0 fully saturated rings. The first-order chi connectivity index (χ1) is 8.58. The highest BCUT2D eigenvalue weighted by molar-refractivity contribution is 6.29. The molecule has 0 radical (unpaired) electrons. The summed E-state index contributed by atoms with van der Waals surface area (Å²) in [6, 6.07) is 3.45. The minimum absolute atomic E-state index is 0.0300. The molecule has 0 atom stereocenters. The van der Waals surface area contributed by atoms with Gasteiger partial charge in [0.1, 0.15) is 10.8 Å². The van der Waals surface area contributed by atoms with Crippen LogP contribution in [0.3, 0.4) is 0 Å². The fourth-order valence-electron chi connectivity index (χ4n) is 1.24. The molecular weight excluding hydrogens is 264 g/mol. The molecule has 18 heavy (non-hydrogen) atoms. The van der Waals surface area contributed by atoms with E-state index in [1.165, 1.54) is 24.5 Å². The van der Waals surface area contributed by atoms with E-state index in [2.05, 4.69) is 15.3 Å². The van der Waals surface area contributed by atoms with Crippen LogP contribution >= 0.6 is 11.6 Å². The zero-order valence-corrected chi connectivity index (χ0v) is 9.58. The van der Waals surface area contributed by atoms with Crippen molar-refractivity contribution in [3.8, 4) is 0 Å². The number of hydrogen-bond acceptors (Lipinski definition) is 3. The highest BCUT2D eigenvalue weighted by Gasteiger charge is 2.13. The Bertz CT molecular complexity index is 607. The molecule has 92 valence electrons. The molecule has 0 unspecified atom stereocenters. The quantitative estimate of drug-likeness (QED) is 0.912. The highest BCUT2D eigenvalue weighted by atomic mass is 35.5. The molecule has 1 aromatic carbocycles. The van der Waals surface area contributed by atoms with Crippen LogP contribution < -0.4 is 5.32 Å². The van der Waals surface area contributed by atoms with Gasteiger partial charge in [-0.25, -0.2) is 13.8 Å². The summed E-state index contributed by atoms with van der Waals surface area (Å²) in [6.07, 6.45) is 2.42. The Balaban J connectivity index is 2.24. The molecule has 1 N–H and O–H groups in total. The standard InChI is InChI=1S/C11H6ClF2N3O/c12-9-5-15-4-8(16-9)11(18)17-7-3-1-2-6(13)10(7)14/h1-5H,(H,17,18). The van der Waals surface area contributed by atoms with Crippen molar-refractivity contribution in [1.29, 1.82) is 0 Å². The summed E-state index contributed by atoms with van der Waals surface area (Å²) in [5.74, 6) is -2.92. The number of benzene rings is 1. The van der Waals surface area contributed by atoms with Gasteiger partial charge < -0.3 is 5.32 Å². The summed E-state index contributed by atoms with van der Waals surface area (Å²) in [5, 5.41) is 2.21. The summed E-state index contributed by atoms with van der Waals surface area (Å²) in [5.41, 5.74) is -0.368. The van der Waals surface area contributed by atoms with Gasteiger partial charge in [-0.15, -0.1) is 0 Å². The zero-order valence-electron chi connectivity index (χ0n) is 8.82. The van der Waals surface area contributed by atoms with Gasteiger partial charge in [0, 0.05) is 0 Å². The fraction of sp³-hybridized carbons (Fsp3) is 0. The molecule has 7 heteroatoms. The molecule has 0 bridgehead atoms. The second-order valence-electron chi connectivity index (χ2n) is 3.28. The van der Waals surface area contributed by atoms with E-state index >= 15 is 0 Å². The predicted octanol–water partition coefficient (Wildman–Crippen LogP) is 2.66. The van der Waals surface area contributed by atoms with E-state index in [-0.39, 0.29) is 16.5 Å². The first kappa shape index (κ1) is 12.4. The molecule has 0 aliphatic heterocycles. The van der Waals surface area contributed by atoms with E-state index in [1.807, 2.05) is 0 Å². The Labute approximate surface area is 106 Å². The topological polar surface area (TPSA) is 54.9 Å². The molecule has 4 nitrogen and oxygen atoms in total. The van der Waals surface area contributed by atoms with Crippen molar-refractivity contribution in [3.63, 3.8) is 0 Å². The van der Waals surface area contributed by atoms with Crippen LogP contribution in [0, 0.1) is 11.6 Å². The van der Waals surface area contributed by atoms with Crippen molar-refractivity contribution < 1.29 is 13.6 Å². The summed E-state index contributed by atoms with van der Waals surface area (Å²) in [4.78, 5) is 19.0. The van der Waals surface area contributed by atoms with Crippen LogP contribution in [-0.4, -0.2) is 15.9 Å². The third kappa shape index (κ3) is 2.60. The van der Waals surface area contributed by atoms with E-state index in [9.17, 15) is 13.6 Å². The number of anilines is 1. The average molecular weight is 270 g/mol. The zero-order chi connectivity index (χ0) is 13.1. The maximum absolute atomic E-state index is 13.3. The number of halogens is 3. The average Bonchev–Trinajstić information content (AvgIpc) is 2.35. The van der Waals surface area contributed by atoms with Gasteiger partial charge in [0.25, 0.3) is 5.91 Å². The predicted molar refractivity (Wildman–Crippen MR) is 61.4 cm³/mol. The normalized spacial score (nSPS) is 10.2. The molecule has 0 aliphatic carbocycles. The lowest BCUT2D eigenvalue weighted by Crippen LogP contribution is -2.15. The van der Waals surface area contributed by atoms with Gasteiger partial charge in [-0.05, 0) is 12.1 Å². The van der Waals surface area contributed by atoms with Crippen LogP contribution in [0.1, 0.15) is 10.5 Å². The van der Waals surface area contributed by atoms with Gasteiger partial charge in [-0.2, -0.15) is 0 Å². The number of carbonyl (C=O) groups excluding carboxylic acids is 1. The van der Waals surface area contributed by atoms with Crippen molar-refractivity contribution in [2.45, 2.75) is 0 Å². The van der Waals surface area contributed by atoms with Crippen molar-refractivity contribution in [2.24, 2.45) is 0 Å². The summed E-state index contributed by atoms with van der Waals surface area (Å²) in [6.45, 7) is 0. The minimum atomic E-state index is -1.14. The van der Waals surface area contributed by atoms with E-state index < -0.39 is 17.5 Å². The molecular formula is C11H6ClF2N3O. The Morgan fingerprint density at radius 3 is 2.78 bits per heavy atom. The number of aromatic nitrogens is 2. The van der Waals surface area contributed by atoms with Gasteiger partial charge in [-0.3, -0.25) is 9.78 Å². The molecule has 2 aromatic rings. The van der Waals surface area contributed by atoms with Gasteiger partial charge >= 0.3 is 0 Å². The van der Waals surface area contributed by atoms with E-state index in [0.29, 0.717) is 0 Å². The van der Waals surface area contributed by atoms with Crippen LogP contribution in [0.2, 0.25) is 5.15 Å². The smallest absolute Gasteiger partial charge is 0.276 e. The Hall–Kier alpha value is -2.08.